The zero-order chi connectivity index (χ0) is 15.4. The van der Waals surface area contributed by atoms with E-state index in [4.69, 9.17) is 28.9 Å². The summed E-state index contributed by atoms with van der Waals surface area (Å²) < 4.78 is 0. The predicted molar refractivity (Wildman–Crippen MR) is 87.6 cm³/mol. The molecule has 1 aromatic rings. The van der Waals surface area contributed by atoms with Gasteiger partial charge in [-0.3, -0.25) is 4.79 Å². The average Bonchev–Trinajstić information content (AvgIpc) is 2.46. The van der Waals surface area contributed by atoms with Crippen molar-refractivity contribution in [3.63, 3.8) is 0 Å². The van der Waals surface area contributed by atoms with E-state index in [0.29, 0.717) is 16.1 Å². The minimum Gasteiger partial charge on any atom is -0.369 e. The number of carbonyl (C=O) groups is 1. The van der Waals surface area contributed by atoms with Crippen LogP contribution in [0.15, 0.2) is 18.2 Å². The number of amides is 1. The molecule has 116 valence electrons. The highest BCUT2D eigenvalue weighted by atomic mass is 35.5. The quantitative estimate of drug-likeness (QED) is 0.855. The second-order valence-corrected chi connectivity index (χ2v) is 6.59. The Kier molecular flexibility index (Phi) is 5.91. The first-order chi connectivity index (χ1) is 10.0. The lowest BCUT2D eigenvalue weighted by atomic mass is 9.85. The van der Waals surface area contributed by atoms with Crippen molar-refractivity contribution in [2.75, 3.05) is 0 Å². The van der Waals surface area contributed by atoms with Gasteiger partial charge in [0.25, 0.3) is 0 Å². The summed E-state index contributed by atoms with van der Waals surface area (Å²) >= 11 is 12.3. The van der Waals surface area contributed by atoms with Crippen LogP contribution < -0.4 is 11.1 Å². The van der Waals surface area contributed by atoms with Crippen molar-refractivity contribution in [1.82, 2.24) is 5.32 Å². The van der Waals surface area contributed by atoms with Crippen LogP contribution in [0.4, 0.5) is 0 Å². The Morgan fingerprint density at radius 2 is 2.00 bits per heavy atom. The maximum Gasteiger partial charge on any atom is 0.220 e. The highest BCUT2D eigenvalue weighted by Crippen LogP contribution is 2.31. The predicted octanol–water partition coefficient (Wildman–Crippen LogP) is 4.08. The van der Waals surface area contributed by atoms with Crippen molar-refractivity contribution in [2.45, 2.75) is 51.1 Å². The van der Waals surface area contributed by atoms with Gasteiger partial charge >= 0.3 is 0 Å². The van der Waals surface area contributed by atoms with Gasteiger partial charge in [-0.25, -0.2) is 0 Å². The van der Waals surface area contributed by atoms with Crippen molar-refractivity contribution in [1.29, 1.82) is 0 Å². The minimum absolute atomic E-state index is 0.0437. The molecule has 0 aromatic heterocycles. The van der Waals surface area contributed by atoms with Gasteiger partial charge in [0.05, 0.1) is 0 Å². The van der Waals surface area contributed by atoms with E-state index >= 15 is 0 Å². The summed E-state index contributed by atoms with van der Waals surface area (Å²) in [6.07, 6.45) is 4.66. The third-order valence-electron chi connectivity index (χ3n) is 4.31. The van der Waals surface area contributed by atoms with E-state index in [9.17, 15) is 4.79 Å². The molecule has 1 unspecified atom stereocenters. The summed E-state index contributed by atoms with van der Waals surface area (Å²) in [5, 5.41) is 5.02. The Balaban J connectivity index is 1.98. The molecule has 0 bridgehead atoms. The molecule has 3 N–H and O–H groups in total. The summed E-state index contributed by atoms with van der Waals surface area (Å²) in [5.41, 5.74) is 6.46. The number of halogens is 2. The van der Waals surface area contributed by atoms with Crippen molar-refractivity contribution in [3.8, 4) is 0 Å². The number of nitrogens with two attached hydrogens (primary N) is 1. The summed E-state index contributed by atoms with van der Waals surface area (Å²) in [6, 6.07) is 6.27. The van der Waals surface area contributed by atoms with Crippen LogP contribution in [0.5, 0.6) is 0 Å². The van der Waals surface area contributed by atoms with Crippen LogP contribution in [0.2, 0.25) is 10.0 Å². The Bertz CT molecular complexity index is 499. The number of primary amides is 1. The Morgan fingerprint density at radius 3 is 2.52 bits per heavy atom. The SMILES string of the molecule is CCC(NC1CCC(C(N)=O)CC1)c1ccc(Cl)cc1Cl. The first-order valence-corrected chi connectivity index (χ1v) is 8.27. The van der Waals surface area contributed by atoms with Crippen LogP contribution in [0.1, 0.15) is 50.6 Å². The van der Waals surface area contributed by atoms with Gasteiger partial charge in [-0.15, -0.1) is 0 Å². The molecule has 1 fully saturated rings. The molecule has 1 amide bonds. The fraction of sp³-hybridized carbons (Fsp3) is 0.562. The van der Waals surface area contributed by atoms with Gasteiger partial charge in [-0.2, -0.15) is 0 Å². The van der Waals surface area contributed by atoms with Gasteiger partial charge in [0.1, 0.15) is 0 Å². The number of benzene rings is 1. The largest absolute Gasteiger partial charge is 0.369 e. The van der Waals surface area contributed by atoms with Crippen LogP contribution in [0, 0.1) is 5.92 Å². The number of carbonyl (C=O) groups excluding carboxylic acids is 1. The topological polar surface area (TPSA) is 55.1 Å². The fourth-order valence-electron chi connectivity index (χ4n) is 3.04. The Hall–Kier alpha value is -0.770. The molecule has 2 rings (SSSR count). The molecule has 0 aliphatic heterocycles. The van der Waals surface area contributed by atoms with E-state index in [-0.39, 0.29) is 17.9 Å². The smallest absolute Gasteiger partial charge is 0.220 e. The van der Waals surface area contributed by atoms with E-state index in [1.807, 2.05) is 12.1 Å². The molecule has 0 radical (unpaired) electrons. The van der Waals surface area contributed by atoms with E-state index in [2.05, 4.69) is 12.2 Å². The number of hydrogen-bond donors (Lipinski definition) is 2. The Labute approximate surface area is 136 Å². The lowest BCUT2D eigenvalue weighted by Crippen LogP contribution is -2.38. The molecule has 0 heterocycles. The normalized spacial score (nSPS) is 23.8. The van der Waals surface area contributed by atoms with Gasteiger partial charge < -0.3 is 11.1 Å². The van der Waals surface area contributed by atoms with Crippen LogP contribution >= 0.6 is 23.2 Å². The van der Waals surface area contributed by atoms with E-state index in [1.165, 1.54) is 0 Å². The van der Waals surface area contributed by atoms with Gasteiger partial charge in [-0.1, -0.05) is 36.2 Å². The Morgan fingerprint density at radius 1 is 1.33 bits per heavy atom. The first kappa shape index (κ1) is 16.6. The van der Waals surface area contributed by atoms with E-state index < -0.39 is 0 Å². The lowest BCUT2D eigenvalue weighted by Gasteiger charge is -2.31. The zero-order valence-electron chi connectivity index (χ0n) is 12.2. The first-order valence-electron chi connectivity index (χ1n) is 7.51. The summed E-state index contributed by atoms with van der Waals surface area (Å²) in [6.45, 7) is 2.14. The molecule has 5 heteroatoms. The fourth-order valence-corrected chi connectivity index (χ4v) is 3.58. The monoisotopic (exact) mass is 328 g/mol. The third kappa shape index (κ3) is 4.35. The van der Waals surface area contributed by atoms with Crippen LogP contribution in [0.3, 0.4) is 0 Å². The van der Waals surface area contributed by atoms with Crippen molar-refractivity contribution >= 4 is 29.1 Å². The maximum absolute atomic E-state index is 11.2. The number of rotatable bonds is 5. The molecule has 1 aliphatic carbocycles. The highest BCUT2D eigenvalue weighted by Gasteiger charge is 2.26. The average molecular weight is 329 g/mol. The van der Waals surface area contributed by atoms with Gasteiger partial charge in [0.15, 0.2) is 0 Å². The molecule has 21 heavy (non-hydrogen) atoms. The summed E-state index contributed by atoms with van der Waals surface area (Å²) in [5.74, 6) is -0.122. The van der Waals surface area contributed by atoms with Gasteiger partial charge in [-0.05, 0) is 49.8 Å². The summed E-state index contributed by atoms with van der Waals surface area (Å²) in [7, 11) is 0. The molecule has 1 aliphatic rings. The molecule has 0 saturated heterocycles. The van der Waals surface area contributed by atoms with Crippen molar-refractivity contribution < 1.29 is 4.79 Å². The molecule has 1 atom stereocenters. The third-order valence-corrected chi connectivity index (χ3v) is 4.88. The van der Waals surface area contributed by atoms with Crippen molar-refractivity contribution in [3.05, 3.63) is 33.8 Å². The van der Waals surface area contributed by atoms with Crippen molar-refractivity contribution in [2.24, 2.45) is 11.7 Å². The standard InChI is InChI=1S/C16H22Cl2N2O/c1-2-15(13-8-5-11(17)9-14(13)18)20-12-6-3-10(4-7-12)16(19)21/h5,8-10,12,15,20H,2-4,6-7H2,1H3,(H2,19,21). The second-order valence-electron chi connectivity index (χ2n) is 5.74. The molecule has 1 saturated carbocycles. The van der Waals surface area contributed by atoms with Crippen LogP contribution in [0.25, 0.3) is 0 Å². The molecule has 0 spiro atoms. The van der Waals surface area contributed by atoms with Gasteiger partial charge in [0.2, 0.25) is 5.91 Å². The number of nitrogens with one attached hydrogen (secondary N) is 1. The highest BCUT2D eigenvalue weighted by molar-refractivity contribution is 6.35. The van der Waals surface area contributed by atoms with Crippen LogP contribution in [-0.2, 0) is 4.79 Å². The van der Waals surface area contributed by atoms with Crippen LogP contribution in [-0.4, -0.2) is 11.9 Å². The van der Waals surface area contributed by atoms with E-state index in [1.54, 1.807) is 6.07 Å². The second kappa shape index (κ2) is 7.48. The maximum atomic E-state index is 11.2. The molecular weight excluding hydrogens is 307 g/mol. The lowest BCUT2D eigenvalue weighted by molar-refractivity contribution is -0.122. The minimum atomic E-state index is -0.166. The molecule has 3 nitrogen and oxygen atoms in total. The van der Waals surface area contributed by atoms with Gasteiger partial charge in [0, 0.05) is 28.0 Å². The molecular formula is C16H22Cl2N2O. The number of hydrogen-bond acceptors (Lipinski definition) is 2. The van der Waals surface area contributed by atoms with E-state index in [0.717, 1.165) is 37.7 Å². The summed E-state index contributed by atoms with van der Waals surface area (Å²) in [4.78, 5) is 11.2. The zero-order valence-corrected chi connectivity index (χ0v) is 13.8. The molecule has 1 aromatic carbocycles.